The molecule has 5 heteroatoms. The number of rotatable bonds is 2. The Morgan fingerprint density at radius 3 is 2.87 bits per heavy atom. The van der Waals surface area contributed by atoms with Crippen molar-refractivity contribution in [3.63, 3.8) is 0 Å². The van der Waals surface area contributed by atoms with Crippen LogP contribution in [0.25, 0.3) is 0 Å². The van der Waals surface area contributed by atoms with Crippen LogP contribution in [0.3, 0.4) is 0 Å². The second kappa shape index (κ2) is 3.90. The molecule has 0 amide bonds. The Morgan fingerprint density at radius 1 is 1.20 bits per heavy atom. The number of aromatic nitrogens is 2. The summed E-state index contributed by atoms with van der Waals surface area (Å²) in [6.07, 6.45) is 3.29. The molecule has 1 aromatic heterocycles. The Kier molecular flexibility index (Phi) is 2.42. The summed E-state index contributed by atoms with van der Waals surface area (Å²) >= 11 is 0. The van der Waals surface area contributed by atoms with Gasteiger partial charge in [0.25, 0.3) is 0 Å². The van der Waals surface area contributed by atoms with Crippen molar-refractivity contribution < 1.29 is 9.15 Å². The maximum absolute atomic E-state index is 5.69. The van der Waals surface area contributed by atoms with Crippen molar-refractivity contribution in [2.75, 3.05) is 19.8 Å². The van der Waals surface area contributed by atoms with Gasteiger partial charge in [-0.3, -0.25) is 0 Å². The molecule has 2 fully saturated rings. The zero-order chi connectivity index (χ0) is 10.1. The Morgan fingerprint density at radius 2 is 2.13 bits per heavy atom. The van der Waals surface area contributed by atoms with Crippen LogP contribution < -0.4 is 5.32 Å². The average molecular weight is 209 g/mol. The van der Waals surface area contributed by atoms with E-state index in [0.29, 0.717) is 5.92 Å². The molecule has 0 aromatic carbocycles. The van der Waals surface area contributed by atoms with Gasteiger partial charge in [0.1, 0.15) is 0 Å². The van der Waals surface area contributed by atoms with E-state index in [1.165, 1.54) is 6.42 Å². The molecule has 15 heavy (non-hydrogen) atoms. The molecule has 0 bridgehead atoms. The topological polar surface area (TPSA) is 60.2 Å². The molecule has 5 nitrogen and oxygen atoms in total. The summed E-state index contributed by atoms with van der Waals surface area (Å²) in [6.45, 7) is 2.58. The third kappa shape index (κ3) is 1.77. The van der Waals surface area contributed by atoms with E-state index in [1.807, 2.05) is 0 Å². The summed E-state index contributed by atoms with van der Waals surface area (Å²) in [5.41, 5.74) is 0. The Balaban J connectivity index is 1.74. The van der Waals surface area contributed by atoms with Crippen LogP contribution in [0.15, 0.2) is 4.42 Å². The molecule has 0 radical (unpaired) electrons. The fraction of sp³-hybridized carbons (Fsp3) is 0.800. The maximum atomic E-state index is 5.69. The number of nitrogens with one attached hydrogen (secondary N) is 1. The van der Waals surface area contributed by atoms with Gasteiger partial charge in [0.15, 0.2) is 0 Å². The van der Waals surface area contributed by atoms with Gasteiger partial charge in [-0.25, -0.2) is 0 Å². The van der Waals surface area contributed by atoms with Crippen LogP contribution in [0.5, 0.6) is 0 Å². The zero-order valence-electron chi connectivity index (χ0n) is 8.61. The van der Waals surface area contributed by atoms with Crippen molar-refractivity contribution in [1.29, 1.82) is 0 Å². The van der Waals surface area contributed by atoms with Gasteiger partial charge < -0.3 is 14.5 Å². The largest absolute Gasteiger partial charge is 0.423 e. The van der Waals surface area contributed by atoms with E-state index in [4.69, 9.17) is 9.15 Å². The van der Waals surface area contributed by atoms with Crippen molar-refractivity contribution in [1.82, 2.24) is 15.5 Å². The molecule has 2 atom stereocenters. The summed E-state index contributed by atoms with van der Waals surface area (Å²) in [4.78, 5) is 0. The van der Waals surface area contributed by atoms with Crippen LogP contribution >= 0.6 is 0 Å². The lowest BCUT2D eigenvalue weighted by Crippen LogP contribution is -2.13. The lowest BCUT2D eigenvalue weighted by molar-refractivity contribution is 0.190. The van der Waals surface area contributed by atoms with Crippen molar-refractivity contribution in [2.24, 2.45) is 0 Å². The highest BCUT2D eigenvalue weighted by Gasteiger charge is 2.27. The molecule has 1 aromatic rings. The third-order valence-corrected chi connectivity index (χ3v) is 3.09. The van der Waals surface area contributed by atoms with E-state index >= 15 is 0 Å². The SMILES string of the molecule is C1CNC(c2nnc(C3CCOC3)o2)C1. The van der Waals surface area contributed by atoms with E-state index in [-0.39, 0.29) is 6.04 Å². The second-order valence-corrected chi connectivity index (χ2v) is 4.19. The fourth-order valence-corrected chi connectivity index (χ4v) is 2.18. The highest BCUT2D eigenvalue weighted by atomic mass is 16.5. The van der Waals surface area contributed by atoms with E-state index in [0.717, 1.165) is 44.4 Å². The summed E-state index contributed by atoms with van der Waals surface area (Å²) < 4.78 is 11.0. The standard InChI is InChI=1S/C10H15N3O2/c1-2-8(11-4-1)10-13-12-9(15-10)7-3-5-14-6-7/h7-8,11H,1-6H2. The minimum atomic E-state index is 0.272. The van der Waals surface area contributed by atoms with E-state index < -0.39 is 0 Å². The molecule has 0 saturated carbocycles. The minimum Gasteiger partial charge on any atom is -0.423 e. The Hall–Kier alpha value is -0.940. The lowest BCUT2D eigenvalue weighted by Gasteiger charge is -2.03. The van der Waals surface area contributed by atoms with Crippen LogP contribution in [0, 0.1) is 0 Å². The number of nitrogens with zero attached hydrogens (tertiary/aromatic N) is 2. The van der Waals surface area contributed by atoms with Crippen LogP contribution in [0.1, 0.15) is 43.0 Å². The quantitative estimate of drug-likeness (QED) is 0.787. The highest BCUT2D eigenvalue weighted by molar-refractivity contribution is 4.98. The molecule has 0 spiro atoms. The first kappa shape index (κ1) is 9.30. The first-order valence-electron chi connectivity index (χ1n) is 5.58. The lowest BCUT2D eigenvalue weighted by atomic mass is 10.1. The summed E-state index contributed by atoms with van der Waals surface area (Å²) in [7, 11) is 0. The van der Waals surface area contributed by atoms with E-state index in [2.05, 4.69) is 15.5 Å². The first-order chi connectivity index (χ1) is 7.43. The zero-order valence-corrected chi connectivity index (χ0v) is 8.61. The van der Waals surface area contributed by atoms with Gasteiger partial charge >= 0.3 is 0 Å². The summed E-state index contributed by atoms with van der Waals surface area (Å²) in [5.74, 6) is 1.80. The summed E-state index contributed by atoms with van der Waals surface area (Å²) in [5, 5.41) is 11.6. The average Bonchev–Trinajstić information content (AvgIpc) is 3.02. The minimum absolute atomic E-state index is 0.272. The first-order valence-corrected chi connectivity index (χ1v) is 5.58. The van der Waals surface area contributed by atoms with Crippen LogP contribution in [0.2, 0.25) is 0 Å². The van der Waals surface area contributed by atoms with Crippen LogP contribution in [-0.4, -0.2) is 30.0 Å². The molecule has 3 rings (SSSR count). The smallest absolute Gasteiger partial charge is 0.233 e. The Labute approximate surface area is 88.2 Å². The van der Waals surface area contributed by atoms with E-state index in [9.17, 15) is 0 Å². The van der Waals surface area contributed by atoms with Crippen LogP contribution in [-0.2, 0) is 4.74 Å². The van der Waals surface area contributed by atoms with Crippen molar-refractivity contribution in [3.8, 4) is 0 Å². The van der Waals surface area contributed by atoms with Gasteiger partial charge in [0, 0.05) is 6.61 Å². The number of hydrogen-bond donors (Lipinski definition) is 1. The predicted molar refractivity (Wildman–Crippen MR) is 52.5 cm³/mol. The van der Waals surface area contributed by atoms with Crippen molar-refractivity contribution in [2.45, 2.75) is 31.2 Å². The second-order valence-electron chi connectivity index (χ2n) is 4.19. The van der Waals surface area contributed by atoms with Crippen molar-refractivity contribution in [3.05, 3.63) is 11.8 Å². The molecule has 2 saturated heterocycles. The van der Waals surface area contributed by atoms with Gasteiger partial charge in [0.05, 0.1) is 18.6 Å². The van der Waals surface area contributed by atoms with Gasteiger partial charge in [-0.15, -0.1) is 10.2 Å². The number of hydrogen-bond acceptors (Lipinski definition) is 5. The van der Waals surface area contributed by atoms with E-state index in [1.54, 1.807) is 0 Å². The molecular weight excluding hydrogens is 194 g/mol. The molecule has 2 aliphatic rings. The monoisotopic (exact) mass is 209 g/mol. The fourth-order valence-electron chi connectivity index (χ4n) is 2.18. The molecule has 0 aliphatic carbocycles. The normalized spacial score (nSPS) is 31.2. The molecule has 2 unspecified atom stereocenters. The van der Waals surface area contributed by atoms with Gasteiger partial charge in [-0.2, -0.15) is 0 Å². The van der Waals surface area contributed by atoms with Crippen LogP contribution in [0.4, 0.5) is 0 Å². The molecule has 2 aliphatic heterocycles. The molecule has 1 N–H and O–H groups in total. The van der Waals surface area contributed by atoms with Gasteiger partial charge in [-0.05, 0) is 25.8 Å². The molecule has 3 heterocycles. The summed E-state index contributed by atoms with van der Waals surface area (Å²) in [6, 6.07) is 0.272. The number of ether oxygens (including phenoxy) is 1. The van der Waals surface area contributed by atoms with Gasteiger partial charge in [-0.1, -0.05) is 0 Å². The third-order valence-electron chi connectivity index (χ3n) is 3.09. The molecular formula is C10H15N3O2. The molecule has 82 valence electrons. The van der Waals surface area contributed by atoms with Gasteiger partial charge in [0.2, 0.25) is 11.8 Å². The van der Waals surface area contributed by atoms with Crippen molar-refractivity contribution >= 4 is 0 Å². The Bertz CT molecular complexity index is 297. The highest BCUT2D eigenvalue weighted by Crippen LogP contribution is 2.27. The predicted octanol–water partition coefficient (Wildman–Crippen LogP) is 0.998. The maximum Gasteiger partial charge on any atom is 0.233 e.